The molecule has 1 heterocycles. The zero-order chi connectivity index (χ0) is 12.8. The van der Waals surface area contributed by atoms with Gasteiger partial charge in [-0.25, -0.2) is 9.78 Å². The first kappa shape index (κ1) is 13.0. The van der Waals surface area contributed by atoms with Gasteiger partial charge in [-0.05, 0) is 6.07 Å². The number of hydrogen-bond donors (Lipinski definition) is 3. The van der Waals surface area contributed by atoms with E-state index in [9.17, 15) is 4.79 Å². The number of pyridine rings is 1. The first-order chi connectivity index (χ1) is 8.06. The molecular formula is C10H11ClN4O2. The van der Waals surface area contributed by atoms with E-state index in [1.54, 1.807) is 0 Å². The van der Waals surface area contributed by atoms with Gasteiger partial charge in [0.05, 0.1) is 24.7 Å². The number of halogens is 1. The van der Waals surface area contributed by atoms with Crippen molar-refractivity contribution in [2.24, 2.45) is 0 Å². The average molecular weight is 255 g/mol. The molecule has 0 spiro atoms. The van der Waals surface area contributed by atoms with E-state index in [-0.39, 0.29) is 16.6 Å². The molecule has 0 atom stereocenters. The summed E-state index contributed by atoms with van der Waals surface area (Å²) in [6, 6.07) is 0.974. The van der Waals surface area contributed by atoms with Crippen LogP contribution in [0.1, 0.15) is 0 Å². The Kier molecular flexibility index (Phi) is 4.47. The number of urea groups is 1. The molecule has 6 nitrogen and oxygen atoms in total. The van der Waals surface area contributed by atoms with Gasteiger partial charge in [0.2, 0.25) is 5.88 Å². The van der Waals surface area contributed by atoms with Gasteiger partial charge in [0.25, 0.3) is 0 Å². The molecule has 0 aromatic carbocycles. The normalized spacial score (nSPS) is 9.29. The minimum atomic E-state index is -0.526. The number of carbonyl (C=O) groups is 1. The summed E-state index contributed by atoms with van der Waals surface area (Å²) in [5.74, 6) is 0.279. The number of anilines is 1. The third kappa shape index (κ3) is 3.76. The second-order valence-electron chi connectivity index (χ2n) is 2.96. The van der Waals surface area contributed by atoms with Crippen molar-refractivity contribution in [3.05, 3.63) is 29.6 Å². The van der Waals surface area contributed by atoms with Crippen molar-refractivity contribution >= 4 is 29.5 Å². The SMILES string of the molecule is C=C(C=N)NC(=O)Nc1cnc(OC)c(Cl)c1. The number of rotatable bonds is 4. The van der Waals surface area contributed by atoms with Crippen LogP contribution in [0, 0.1) is 5.41 Å². The minimum Gasteiger partial charge on any atom is -0.480 e. The highest BCUT2D eigenvalue weighted by Crippen LogP contribution is 2.23. The highest BCUT2D eigenvalue weighted by molar-refractivity contribution is 6.32. The van der Waals surface area contributed by atoms with Crippen LogP contribution in [0.25, 0.3) is 0 Å². The predicted octanol–water partition coefficient (Wildman–Crippen LogP) is 2.03. The Balaban J connectivity index is 2.69. The number of methoxy groups -OCH3 is 1. The molecule has 7 heteroatoms. The molecule has 1 aromatic heterocycles. The second kappa shape index (κ2) is 5.86. The lowest BCUT2D eigenvalue weighted by Crippen LogP contribution is -2.28. The smallest absolute Gasteiger partial charge is 0.323 e. The molecule has 1 rings (SSSR count). The van der Waals surface area contributed by atoms with Gasteiger partial charge in [-0.3, -0.25) is 0 Å². The molecule has 0 fully saturated rings. The van der Waals surface area contributed by atoms with Gasteiger partial charge in [-0.2, -0.15) is 0 Å². The minimum absolute atomic E-state index is 0.176. The lowest BCUT2D eigenvalue weighted by molar-refractivity contribution is 0.254. The van der Waals surface area contributed by atoms with E-state index in [1.165, 1.54) is 19.4 Å². The van der Waals surface area contributed by atoms with Gasteiger partial charge >= 0.3 is 6.03 Å². The van der Waals surface area contributed by atoms with Crippen molar-refractivity contribution in [1.29, 1.82) is 5.41 Å². The van der Waals surface area contributed by atoms with E-state index in [0.29, 0.717) is 5.69 Å². The predicted molar refractivity (Wildman–Crippen MR) is 65.9 cm³/mol. The maximum absolute atomic E-state index is 11.4. The third-order valence-corrected chi connectivity index (χ3v) is 1.98. The maximum Gasteiger partial charge on any atom is 0.323 e. The molecule has 0 saturated heterocycles. The van der Waals surface area contributed by atoms with Gasteiger partial charge in [-0.1, -0.05) is 18.2 Å². The monoisotopic (exact) mass is 254 g/mol. The fourth-order valence-corrected chi connectivity index (χ4v) is 1.23. The highest BCUT2D eigenvalue weighted by atomic mass is 35.5. The zero-order valence-electron chi connectivity index (χ0n) is 9.08. The van der Waals surface area contributed by atoms with Crippen LogP contribution in [-0.2, 0) is 0 Å². The quantitative estimate of drug-likeness (QED) is 0.719. The molecule has 2 amide bonds. The van der Waals surface area contributed by atoms with E-state index < -0.39 is 6.03 Å². The van der Waals surface area contributed by atoms with E-state index >= 15 is 0 Å². The molecular weight excluding hydrogens is 244 g/mol. The first-order valence-corrected chi connectivity index (χ1v) is 4.91. The van der Waals surface area contributed by atoms with E-state index in [1.807, 2.05) is 0 Å². The molecule has 0 unspecified atom stereocenters. The Morgan fingerprint density at radius 3 is 2.94 bits per heavy atom. The molecule has 0 aliphatic heterocycles. The van der Waals surface area contributed by atoms with Crippen molar-refractivity contribution in [2.75, 3.05) is 12.4 Å². The van der Waals surface area contributed by atoms with E-state index in [4.69, 9.17) is 21.7 Å². The van der Waals surface area contributed by atoms with Crippen LogP contribution in [0.4, 0.5) is 10.5 Å². The number of hydrogen-bond acceptors (Lipinski definition) is 4. The standard InChI is InChI=1S/C10H11ClN4O2/c1-6(4-12)14-10(16)15-7-3-8(11)9(17-2)13-5-7/h3-5,12H,1H2,2H3,(H2,14,15,16). The summed E-state index contributed by atoms with van der Waals surface area (Å²) in [6.07, 6.45) is 2.33. The van der Waals surface area contributed by atoms with Crippen molar-refractivity contribution in [3.8, 4) is 5.88 Å². The summed E-state index contributed by atoms with van der Waals surface area (Å²) >= 11 is 5.83. The van der Waals surface area contributed by atoms with Crippen LogP contribution >= 0.6 is 11.6 Å². The molecule has 0 saturated carbocycles. The van der Waals surface area contributed by atoms with Crippen molar-refractivity contribution in [1.82, 2.24) is 10.3 Å². The Labute approximate surface area is 103 Å². The van der Waals surface area contributed by atoms with Gasteiger partial charge in [0.15, 0.2) is 0 Å². The molecule has 90 valence electrons. The van der Waals surface area contributed by atoms with Crippen molar-refractivity contribution in [2.45, 2.75) is 0 Å². The topological polar surface area (TPSA) is 87.1 Å². The van der Waals surface area contributed by atoms with Crippen LogP contribution in [0.15, 0.2) is 24.5 Å². The first-order valence-electron chi connectivity index (χ1n) is 4.53. The molecule has 1 aromatic rings. The molecule has 17 heavy (non-hydrogen) atoms. The maximum atomic E-state index is 11.4. The molecule has 0 bridgehead atoms. The summed E-state index contributed by atoms with van der Waals surface area (Å²) in [7, 11) is 1.45. The van der Waals surface area contributed by atoms with Crippen LogP contribution < -0.4 is 15.4 Å². The third-order valence-electron chi connectivity index (χ3n) is 1.71. The van der Waals surface area contributed by atoms with Crippen molar-refractivity contribution in [3.63, 3.8) is 0 Å². The van der Waals surface area contributed by atoms with Crippen LogP contribution in [0.2, 0.25) is 5.02 Å². The second-order valence-corrected chi connectivity index (χ2v) is 3.37. The summed E-state index contributed by atoms with van der Waals surface area (Å²) in [6.45, 7) is 3.42. The summed E-state index contributed by atoms with van der Waals surface area (Å²) < 4.78 is 4.87. The highest BCUT2D eigenvalue weighted by Gasteiger charge is 2.06. The summed E-state index contributed by atoms with van der Waals surface area (Å²) in [5, 5.41) is 12.0. The van der Waals surface area contributed by atoms with E-state index in [2.05, 4.69) is 22.2 Å². The number of amides is 2. The van der Waals surface area contributed by atoms with Crippen molar-refractivity contribution < 1.29 is 9.53 Å². The zero-order valence-corrected chi connectivity index (χ0v) is 9.84. The van der Waals surface area contributed by atoms with Crippen LogP contribution in [0.3, 0.4) is 0 Å². The van der Waals surface area contributed by atoms with Crippen LogP contribution in [0.5, 0.6) is 5.88 Å². The largest absolute Gasteiger partial charge is 0.480 e. The number of nitrogens with zero attached hydrogens (tertiary/aromatic N) is 1. The fraction of sp³-hybridized carbons (Fsp3) is 0.100. The Morgan fingerprint density at radius 2 is 2.41 bits per heavy atom. The Morgan fingerprint density at radius 1 is 1.71 bits per heavy atom. The summed E-state index contributed by atoms with van der Waals surface area (Å²) in [5.41, 5.74) is 0.584. The molecule has 3 N–H and O–H groups in total. The number of aromatic nitrogens is 1. The molecule has 0 aliphatic carbocycles. The fourth-order valence-electron chi connectivity index (χ4n) is 0.988. The molecule has 0 aliphatic rings. The van der Waals surface area contributed by atoms with Gasteiger partial charge in [0.1, 0.15) is 5.02 Å². The lowest BCUT2D eigenvalue weighted by Gasteiger charge is -2.08. The molecule has 0 radical (unpaired) electrons. The van der Waals surface area contributed by atoms with Crippen LogP contribution in [-0.4, -0.2) is 24.3 Å². The lowest BCUT2D eigenvalue weighted by atomic mass is 10.4. The number of carbonyl (C=O) groups excluding carboxylic acids is 1. The average Bonchev–Trinajstić information content (AvgIpc) is 2.29. The number of nitrogens with one attached hydrogen (secondary N) is 3. The Hall–Kier alpha value is -2.08. The Bertz CT molecular complexity index is 462. The van der Waals surface area contributed by atoms with Gasteiger partial charge < -0.3 is 20.8 Å². The van der Waals surface area contributed by atoms with Gasteiger partial charge in [-0.15, -0.1) is 0 Å². The summed E-state index contributed by atoms with van der Waals surface area (Å²) in [4.78, 5) is 15.2. The number of ether oxygens (including phenoxy) is 1. The number of allylic oxidation sites excluding steroid dienone is 1. The van der Waals surface area contributed by atoms with Gasteiger partial charge in [0, 0.05) is 6.21 Å². The van der Waals surface area contributed by atoms with E-state index in [0.717, 1.165) is 6.21 Å².